The van der Waals surface area contributed by atoms with Gasteiger partial charge in [-0.3, -0.25) is 14.6 Å². The van der Waals surface area contributed by atoms with Gasteiger partial charge in [0, 0.05) is 17.5 Å². The van der Waals surface area contributed by atoms with Crippen molar-refractivity contribution in [2.24, 2.45) is 0 Å². The second kappa shape index (κ2) is 6.96. The number of hydrogen-bond donors (Lipinski definition) is 1. The molecule has 1 fully saturated rings. The Balaban J connectivity index is 2.52. The summed E-state index contributed by atoms with van der Waals surface area (Å²) in [5.41, 5.74) is 0.886. The molecule has 0 aliphatic carbocycles. The van der Waals surface area contributed by atoms with Gasteiger partial charge in [0.2, 0.25) is 5.91 Å². The number of aromatic hydroxyl groups is 1. The number of nitrogens with zero attached hydrogens (tertiary/aromatic N) is 3. The molecule has 0 aromatic heterocycles. The summed E-state index contributed by atoms with van der Waals surface area (Å²) in [4.78, 5) is 19.4. The van der Waals surface area contributed by atoms with E-state index in [1.54, 1.807) is 12.1 Å². The number of benzene rings is 1. The third-order valence-corrected chi connectivity index (χ3v) is 4.86. The number of rotatable bonds is 2. The zero-order chi connectivity index (χ0) is 19.0. The third-order valence-electron chi connectivity index (χ3n) is 4.86. The predicted octanol–water partition coefficient (Wildman–Crippen LogP) is 3.76. The number of carbonyl (C=O) groups is 1. The van der Waals surface area contributed by atoms with Crippen LogP contribution < -0.4 is 0 Å². The summed E-state index contributed by atoms with van der Waals surface area (Å²) in [6.07, 6.45) is 0.344. The van der Waals surface area contributed by atoms with Gasteiger partial charge < -0.3 is 10.0 Å². The number of carbonyl (C=O) groups excluding carboxylic acids is 1. The molecule has 0 bridgehead atoms. The van der Waals surface area contributed by atoms with Crippen molar-refractivity contribution in [2.75, 3.05) is 13.3 Å². The van der Waals surface area contributed by atoms with Gasteiger partial charge >= 0.3 is 0 Å². The average molecular weight is 348 g/mol. The Bertz CT molecular complexity index is 599. The molecule has 2 rings (SSSR count). The fourth-order valence-electron chi connectivity index (χ4n) is 3.16. The number of hydrogen-bond acceptors (Lipinski definition) is 4. The Morgan fingerprint density at radius 3 is 2.04 bits per heavy atom. The average Bonchev–Trinajstić information content (AvgIpc) is 2.52. The lowest BCUT2D eigenvalue weighted by Gasteiger charge is -2.56. The Morgan fingerprint density at radius 1 is 1.04 bits per heavy atom. The molecule has 1 atom stereocenters. The van der Waals surface area contributed by atoms with Crippen LogP contribution in [0.3, 0.4) is 0 Å². The molecule has 1 heterocycles. The van der Waals surface area contributed by atoms with Gasteiger partial charge in [-0.2, -0.15) is 0 Å². The van der Waals surface area contributed by atoms with Gasteiger partial charge in [-0.1, -0.05) is 19.1 Å². The Morgan fingerprint density at radius 2 is 1.60 bits per heavy atom. The fraction of sp³-hybridized carbons (Fsp3) is 0.650. The quantitative estimate of drug-likeness (QED) is 0.885. The zero-order valence-corrected chi connectivity index (χ0v) is 16.7. The minimum Gasteiger partial charge on any atom is -0.508 e. The molecule has 1 aromatic carbocycles. The van der Waals surface area contributed by atoms with E-state index in [4.69, 9.17) is 0 Å². The van der Waals surface area contributed by atoms with E-state index in [-0.39, 0.29) is 28.9 Å². The SMILES string of the molecule is CCC(=O)N1CN(C(C)(C)C)CN(C(C)(C)C)C1c1ccc(O)cc1. The van der Waals surface area contributed by atoms with E-state index in [1.165, 1.54) is 0 Å². The highest BCUT2D eigenvalue weighted by Crippen LogP contribution is 2.37. The van der Waals surface area contributed by atoms with Gasteiger partial charge in [-0.25, -0.2) is 0 Å². The first-order valence-electron chi connectivity index (χ1n) is 9.05. The minimum absolute atomic E-state index is 0.0320. The van der Waals surface area contributed by atoms with Crippen molar-refractivity contribution in [3.05, 3.63) is 29.8 Å². The van der Waals surface area contributed by atoms with Crippen LogP contribution in [0.25, 0.3) is 0 Å². The second-order valence-electron chi connectivity index (χ2n) is 8.82. The highest BCUT2D eigenvalue weighted by atomic mass is 16.3. The first-order chi connectivity index (χ1) is 11.4. The van der Waals surface area contributed by atoms with Crippen molar-refractivity contribution < 1.29 is 9.90 Å². The van der Waals surface area contributed by atoms with Crippen LogP contribution in [0.15, 0.2) is 24.3 Å². The maximum absolute atomic E-state index is 12.8. The van der Waals surface area contributed by atoms with Crippen LogP contribution in [0.1, 0.15) is 66.6 Å². The minimum atomic E-state index is -0.133. The molecule has 25 heavy (non-hydrogen) atoms. The number of amides is 1. The van der Waals surface area contributed by atoms with Gasteiger partial charge in [-0.05, 0) is 59.2 Å². The standard InChI is InChI=1S/C20H33N3O2/c1-8-17(25)22-13-21(19(2,3)4)14-23(20(5,6)7)18(22)15-9-11-16(24)12-10-15/h9-12,18,24H,8,13-14H2,1-7H3. The smallest absolute Gasteiger partial charge is 0.224 e. The van der Waals surface area contributed by atoms with E-state index in [2.05, 4.69) is 51.3 Å². The lowest BCUT2D eigenvalue weighted by molar-refractivity contribution is -0.172. The van der Waals surface area contributed by atoms with Crippen LogP contribution in [0.2, 0.25) is 0 Å². The van der Waals surface area contributed by atoms with E-state index >= 15 is 0 Å². The monoisotopic (exact) mass is 347 g/mol. The maximum Gasteiger partial charge on any atom is 0.224 e. The van der Waals surface area contributed by atoms with Gasteiger partial charge in [0.05, 0.1) is 13.3 Å². The normalized spacial score (nSPS) is 20.8. The van der Waals surface area contributed by atoms with Crippen molar-refractivity contribution in [1.29, 1.82) is 0 Å². The largest absolute Gasteiger partial charge is 0.508 e. The molecule has 1 unspecified atom stereocenters. The Kier molecular flexibility index (Phi) is 5.50. The van der Waals surface area contributed by atoms with Gasteiger partial charge in [0.15, 0.2) is 0 Å². The molecule has 0 saturated carbocycles. The van der Waals surface area contributed by atoms with Crippen LogP contribution in [0.4, 0.5) is 0 Å². The van der Waals surface area contributed by atoms with Crippen molar-refractivity contribution >= 4 is 5.91 Å². The third kappa shape index (κ3) is 4.33. The molecule has 1 saturated heterocycles. The molecular weight excluding hydrogens is 314 g/mol. The topological polar surface area (TPSA) is 47.0 Å². The molecule has 1 aliphatic heterocycles. The molecule has 140 valence electrons. The van der Waals surface area contributed by atoms with E-state index in [0.717, 1.165) is 12.2 Å². The lowest BCUT2D eigenvalue weighted by Crippen LogP contribution is -2.65. The van der Waals surface area contributed by atoms with E-state index < -0.39 is 0 Å². The van der Waals surface area contributed by atoms with E-state index in [9.17, 15) is 9.90 Å². The van der Waals surface area contributed by atoms with Crippen LogP contribution in [-0.4, -0.2) is 50.1 Å². The molecule has 1 aliphatic rings. The summed E-state index contributed by atoms with van der Waals surface area (Å²) in [6, 6.07) is 7.23. The maximum atomic E-state index is 12.8. The zero-order valence-electron chi connectivity index (χ0n) is 16.7. The van der Waals surface area contributed by atoms with Gasteiger partial charge in [-0.15, -0.1) is 0 Å². The predicted molar refractivity (Wildman–Crippen MR) is 101 cm³/mol. The van der Waals surface area contributed by atoms with Gasteiger partial charge in [0.1, 0.15) is 11.9 Å². The highest BCUT2D eigenvalue weighted by Gasteiger charge is 2.43. The molecule has 1 N–H and O–H groups in total. The molecular formula is C20H33N3O2. The number of phenols is 1. The van der Waals surface area contributed by atoms with Crippen molar-refractivity contribution in [2.45, 2.75) is 72.1 Å². The van der Waals surface area contributed by atoms with Crippen molar-refractivity contribution in [3.8, 4) is 5.75 Å². The van der Waals surface area contributed by atoms with Crippen LogP contribution in [-0.2, 0) is 4.79 Å². The number of phenolic OH excluding ortho intramolecular Hbond substituents is 1. The molecule has 5 heteroatoms. The molecule has 0 radical (unpaired) electrons. The van der Waals surface area contributed by atoms with Crippen molar-refractivity contribution in [3.63, 3.8) is 0 Å². The highest BCUT2D eigenvalue weighted by molar-refractivity contribution is 5.76. The fourth-order valence-corrected chi connectivity index (χ4v) is 3.16. The Hall–Kier alpha value is -1.59. The Labute approximate surface area is 152 Å². The first kappa shape index (κ1) is 19.7. The summed E-state index contributed by atoms with van der Waals surface area (Å²) >= 11 is 0. The molecule has 0 spiro atoms. The second-order valence-corrected chi connectivity index (χ2v) is 8.82. The first-order valence-corrected chi connectivity index (χ1v) is 9.05. The van der Waals surface area contributed by atoms with Crippen LogP contribution in [0, 0.1) is 0 Å². The van der Waals surface area contributed by atoms with E-state index in [0.29, 0.717) is 13.1 Å². The van der Waals surface area contributed by atoms with Gasteiger partial charge in [0.25, 0.3) is 0 Å². The molecule has 1 aromatic rings. The van der Waals surface area contributed by atoms with Crippen molar-refractivity contribution in [1.82, 2.24) is 14.7 Å². The molecule has 1 amide bonds. The lowest BCUT2D eigenvalue weighted by atomic mass is 9.98. The van der Waals surface area contributed by atoms with Crippen LogP contribution >= 0.6 is 0 Å². The summed E-state index contributed by atoms with van der Waals surface area (Å²) < 4.78 is 0. The summed E-state index contributed by atoms with van der Waals surface area (Å²) in [5, 5.41) is 9.65. The summed E-state index contributed by atoms with van der Waals surface area (Å²) in [7, 11) is 0. The van der Waals surface area contributed by atoms with Crippen LogP contribution in [0.5, 0.6) is 5.75 Å². The summed E-state index contributed by atoms with van der Waals surface area (Å²) in [6.45, 7) is 16.4. The van der Waals surface area contributed by atoms with E-state index in [1.807, 2.05) is 24.0 Å². The summed E-state index contributed by atoms with van der Waals surface area (Å²) in [5.74, 6) is 0.382. The molecule has 5 nitrogen and oxygen atoms in total.